The zero-order valence-corrected chi connectivity index (χ0v) is 16.8. The smallest absolute Gasteiger partial charge is 0.318 e. The molecule has 2 aliphatic rings. The fraction of sp³-hybridized carbons (Fsp3) is 0.478. The third-order valence-corrected chi connectivity index (χ3v) is 6.07. The monoisotopic (exact) mass is 395 g/mol. The fourth-order valence-electron chi connectivity index (χ4n) is 4.44. The maximum Gasteiger partial charge on any atom is 0.318 e. The van der Waals surface area contributed by atoms with Crippen molar-refractivity contribution in [1.29, 1.82) is 0 Å². The number of carbonyl (C=O) groups excluding carboxylic acids is 1. The molecule has 2 amide bonds. The van der Waals surface area contributed by atoms with Crippen LogP contribution in [-0.4, -0.2) is 52.9 Å². The first kappa shape index (κ1) is 19.9. The number of pyridine rings is 1. The molecule has 0 saturated carbocycles. The van der Waals surface area contributed by atoms with Gasteiger partial charge in [-0.25, -0.2) is 4.79 Å². The van der Waals surface area contributed by atoms with Gasteiger partial charge in [0.2, 0.25) is 0 Å². The maximum absolute atomic E-state index is 13.0. The summed E-state index contributed by atoms with van der Waals surface area (Å²) in [4.78, 5) is 18.9. The SMILES string of the molecule is CC(NC(=O)N1CC(O)CC1C1CCCOC1)c1ccc(-c2cccnc2)cc1. The van der Waals surface area contributed by atoms with Crippen LogP contribution in [0.15, 0.2) is 48.8 Å². The number of aliphatic hydroxyl groups excluding tert-OH is 1. The lowest BCUT2D eigenvalue weighted by molar-refractivity contribution is 0.0258. The summed E-state index contributed by atoms with van der Waals surface area (Å²) in [6.07, 6.45) is 5.85. The molecule has 1 aromatic carbocycles. The minimum Gasteiger partial charge on any atom is -0.391 e. The van der Waals surface area contributed by atoms with E-state index in [0.717, 1.165) is 36.1 Å². The minimum atomic E-state index is -0.457. The summed E-state index contributed by atoms with van der Waals surface area (Å²) in [6, 6.07) is 12.0. The summed E-state index contributed by atoms with van der Waals surface area (Å²) in [6.45, 7) is 3.85. The normalized spacial score (nSPS) is 25.6. The summed E-state index contributed by atoms with van der Waals surface area (Å²) in [5, 5.41) is 13.3. The van der Waals surface area contributed by atoms with Crippen molar-refractivity contribution in [2.75, 3.05) is 19.8 Å². The zero-order chi connectivity index (χ0) is 20.2. The summed E-state index contributed by atoms with van der Waals surface area (Å²) < 4.78 is 5.61. The highest BCUT2D eigenvalue weighted by atomic mass is 16.5. The number of amides is 2. The predicted octanol–water partition coefficient (Wildman–Crippen LogP) is 3.38. The summed E-state index contributed by atoms with van der Waals surface area (Å²) in [5.41, 5.74) is 3.21. The van der Waals surface area contributed by atoms with Gasteiger partial charge in [0.1, 0.15) is 0 Å². The highest BCUT2D eigenvalue weighted by Crippen LogP contribution is 2.30. The van der Waals surface area contributed by atoms with Crippen molar-refractivity contribution < 1.29 is 14.6 Å². The largest absolute Gasteiger partial charge is 0.391 e. The standard InChI is InChI=1S/C23H29N3O3/c1-16(17-6-8-18(9-7-17)19-4-2-10-24-13-19)25-23(28)26-14-21(27)12-22(26)20-5-3-11-29-15-20/h2,4,6-10,13,16,20-22,27H,3,5,11-12,14-15H2,1H3,(H,25,28). The number of hydrogen-bond donors (Lipinski definition) is 2. The number of urea groups is 1. The first-order valence-corrected chi connectivity index (χ1v) is 10.4. The maximum atomic E-state index is 13.0. The molecular weight excluding hydrogens is 366 g/mol. The second-order valence-electron chi connectivity index (χ2n) is 8.12. The van der Waals surface area contributed by atoms with Crippen molar-refractivity contribution in [1.82, 2.24) is 15.2 Å². The number of aliphatic hydroxyl groups is 1. The molecule has 6 nitrogen and oxygen atoms in total. The van der Waals surface area contributed by atoms with Gasteiger partial charge in [-0.05, 0) is 48.9 Å². The Labute approximate surface area is 171 Å². The number of aromatic nitrogens is 1. The van der Waals surface area contributed by atoms with Crippen molar-refractivity contribution in [3.05, 3.63) is 54.4 Å². The van der Waals surface area contributed by atoms with Crippen molar-refractivity contribution in [2.24, 2.45) is 5.92 Å². The van der Waals surface area contributed by atoms with Crippen molar-refractivity contribution in [3.63, 3.8) is 0 Å². The van der Waals surface area contributed by atoms with Gasteiger partial charge >= 0.3 is 6.03 Å². The molecule has 3 heterocycles. The summed E-state index contributed by atoms with van der Waals surface area (Å²) >= 11 is 0. The van der Waals surface area contributed by atoms with Crippen LogP contribution in [0.3, 0.4) is 0 Å². The Morgan fingerprint density at radius 2 is 2.10 bits per heavy atom. The van der Waals surface area contributed by atoms with Gasteiger partial charge in [-0.3, -0.25) is 4.98 Å². The first-order valence-electron chi connectivity index (χ1n) is 10.4. The molecule has 0 radical (unpaired) electrons. The molecule has 2 saturated heterocycles. The summed E-state index contributed by atoms with van der Waals surface area (Å²) in [5.74, 6) is 0.306. The number of nitrogens with one attached hydrogen (secondary N) is 1. The molecule has 2 aliphatic heterocycles. The van der Waals surface area contributed by atoms with Crippen LogP contribution >= 0.6 is 0 Å². The van der Waals surface area contributed by atoms with Gasteiger partial charge < -0.3 is 20.1 Å². The van der Waals surface area contributed by atoms with Gasteiger partial charge in [0, 0.05) is 37.5 Å². The Kier molecular flexibility index (Phi) is 6.11. The van der Waals surface area contributed by atoms with Gasteiger partial charge in [-0.15, -0.1) is 0 Å². The number of carbonyl (C=O) groups is 1. The third-order valence-electron chi connectivity index (χ3n) is 6.07. The van der Waals surface area contributed by atoms with Gasteiger partial charge in [-0.2, -0.15) is 0 Å². The van der Waals surface area contributed by atoms with Crippen LogP contribution in [0.1, 0.15) is 37.8 Å². The molecule has 6 heteroatoms. The Morgan fingerprint density at radius 3 is 2.79 bits per heavy atom. The molecule has 0 aliphatic carbocycles. The molecule has 2 N–H and O–H groups in total. The van der Waals surface area contributed by atoms with E-state index in [-0.39, 0.29) is 18.1 Å². The number of benzene rings is 1. The van der Waals surface area contributed by atoms with Crippen LogP contribution in [-0.2, 0) is 4.74 Å². The van der Waals surface area contributed by atoms with E-state index in [2.05, 4.69) is 22.4 Å². The predicted molar refractivity (Wildman–Crippen MR) is 111 cm³/mol. The van der Waals surface area contributed by atoms with E-state index < -0.39 is 6.10 Å². The van der Waals surface area contributed by atoms with E-state index in [9.17, 15) is 9.90 Å². The van der Waals surface area contributed by atoms with Gasteiger partial charge in [0.25, 0.3) is 0 Å². The zero-order valence-electron chi connectivity index (χ0n) is 16.8. The Hall–Kier alpha value is -2.44. The quantitative estimate of drug-likeness (QED) is 0.832. The molecule has 4 unspecified atom stereocenters. The second kappa shape index (κ2) is 8.93. The number of likely N-dealkylation sites (tertiary alicyclic amines) is 1. The van der Waals surface area contributed by atoms with Crippen LogP contribution in [0.25, 0.3) is 11.1 Å². The third kappa shape index (κ3) is 4.60. The molecule has 29 heavy (non-hydrogen) atoms. The molecule has 0 bridgehead atoms. The van der Waals surface area contributed by atoms with Crippen LogP contribution < -0.4 is 5.32 Å². The Bertz CT molecular complexity index is 806. The highest BCUT2D eigenvalue weighted by molar-refractivity contribution is 5.75. The molecule has 2 fully saturated rings. The number of nitrogens with zero attached hydrogens (tertiary/aromatic N) is 2. The molecule has 1 aromatic heterocycles. The number of β-amino-alcohol motifs (C(OH)–C–C–N with tert-alkyl or cyclic N) is 1. The van der Waals surface area contributed by atoms with Crippen LogP contribution in [0, 0.1) is 5.92 Å². The van der Waals surface area contributed by atoms with Crippen molar-refractivity contribution >= 4 is 6.03 Å². The molecule has 4 atom stereocenters. The number of hydrogen-bond acceptors (Lipinski definition) is 4. The molecule has 0 spiro atoms. The van der Waals surface area contributed by atoms with E-state index in [1.54, 1.807) is 6.20 Å². The minimum absolute atomic E-state index is 0.0467. The lowest BCUT2D eigenvalue weighted by atomic mass is 9.92. The Balaban J connectivity index is 1.40. The van der Waals surface area contributed by atoms with Crippen LogP contribution in [0.4, 0.5) is 4.79 Å². The van der Waals surface area contributed by atoms with Gasteiger partial charge in [0.15, 0.2) is 0 Å². The fourth-order valence-corrected chi connectivity index (χ4v) is 4.44. The average Bonchev–Trinajstić information content (AvgIpc) is 3.17. The molecule has 4 rings (SSSR count). The number of ether oxygens (including phenoxy) is 1. The number of rotatable bonds is 4. The van der Waals surface area contributed by atoms with E-state index in [4.69, 9.17) is 4.74 Å². The van der Waals surface area contributed by atoms with E-state index in [1.807, 2.05) is 42.3 Å². The van der Waals surface area contributed by atoms with Gasteiger partial charge in [-0.1, -0.05) is 30.3 Å². The van der Waals surface area contributed by atoms with E-state index in [0.29, 0.717) is 25.5 Å². The Morgan fingerprint density at radius 1 is 1.28 bits per heavy atom. The van der Waals surface area contributed by atoms with E-state index in [1.165, 1.54) is 0 Å². The highest BCUT2D eigenvalue weighted by Gasteiger charge is 2.40. The van der Waals surface area contributed by atoms with Crippen LogP contribution in [0.2, 0.25) is 0 Å². The molecular formula is C23H29N3O3. The van der Waals surface area contributed by atoms with Crippen LogP contribution in [0.5, 0.6) is 0 Å². The van der Waals surface area contributed by atoms with Crippen molar-refractivity contribution in [2.45, 2.75) is 44.4 Å². The molecule has 2 aromatic rings. The lowest BCUT2D eigenvalue weighted by Crippen LogP contribution is -2.48. The topological polar surface area (TPSA) is 74.7 Å². The first-order chi connectivity index (χ1) is 14.1. The lowest BCUT2D eigenvalue weighted by Gasteiger charge is -2.34. The van der Waals surface area contributed by atoms with E-state index >= 15 is 0 Å². The average molecular weight is 396 g/mol. The molecule has 154 valence electrons. The summed E-state index contributed by atoms with van der Waals surface area (Å²) in [7, 11) is 0. The van der Waals surface area contributed by atoms with Gasteiger partial charge in [0.05, 0.1) is 18.8 Å². The second-order valence-corrected chi connectivity index (χ2v) is 8.12. The van der Waals surface area contributed by atoms with Crippen molar-refractivity contribution in [3.8, 4) is 11.1 Å².